The normalized spacial score (nSPS) is 11.5. The van der Waals surface area contributed by atoms with Gasteiger partial charge in [-0.05, 0) is 42.8 Å². The molecule has 0 radical (unpaired) electrons. The first-order valence-electron chi connectivity index (χ1n) is 9.77. The van der Waals surface area contributed by atoms with Crippen molar-refractivity contribution >= 4 is 50.7 Å². The molecule has 2 aromatic carbocycles. The molecule has 2 N–H and O–H groups in total. The SMILES string of the molecule is Cc1ccc2c(c1)c(-n1c(=O)[nH]c3cscc3c1=O)c(C(=O)O)n2Cc1cc(F)cc(Cl)c1. The van der Waals surface area contributed by atoms with Gasteiger partial charge in [0.25, 0.3) is 5.56 Å². The Morgan fingerprint density at radius 2 is 1.94 bits per heavy atom. The number of halogens is 2. The Morgan fingerprint density at radius 1 is 1.15 bits per heavy atom. The Morgan fingerprint density at radius 3 is 2.67 bits per heavy atom. The van der Waals surface area contributed by atoms with Gasteiger partial charge < -0.3 is 14.7 Å². The quantitative estimate of drug-likeness (QED) is 0.392. The van der Waals surface area contributed by atoms with Crippen LogP contribution in [0.5, 0.6) is 0 Å². The summed E-state index contributed by atoms with van der Waals surface area (Å²) >= 11 is 7.24. The van der Waals surface area contributed by atoms with Gasteiger partial charge in [-0.1, -0.05) is 23.2 Å². The molecular formula is C23H15ClFN3O4S. The molecule has 0 aliphatic rings. The summed E-state index contributed by atoms with van der Waals surface area (Å²) in [6.07, 6.45) is 0. The summed E-state index contributed by atoms with van der Waals surface area (Å²) < 4.78 is 16.3. The van der Waals surface area contributed by atoms with E-state index >= 15 is 0 Å². The van der Waals surface area contributed by atoms with E-state index in [4.69, 9.17) is 11.6 Å². The maximum absolute atomic E-state index is 14.0. The highest BCUT2D eigenvalue weighted by molar-refractivity contribution is 7.09. The highest BCUT2D eigenvalue weighted by Crippen LogP contribution is 2.31. The van der Waals surface area contributed by atoms with Crippen molar-refractivity contribution in [2.24, 2.45) is 0 Å². The number of nitrogens with one attached hydrogen (secondary N) is 1. The molecule has 5 rings (SSSR count). The second-order valence-corrected chi connectivity index (χ2v) is 8.84. The number of thiophene rings is 1. The first-order valence-corrected chi connectivity index (χ1v) is 11.1. The minimum atomic E-state index is -1.34. The third-order valence-electron chi connectivity index (χ3n) is 5.42. The molecule has 5 aromatic rings. The molecule has 10 heteroatoms. The molecule has 33 heavy (non-hydrogen) atoms. The van der Waals surface area contributed by atoms with E-state index < -0.39 is 23.0 Å². The summed E-state index contributed by atoms with van der Waals surface area (Å²) in [6.45, 7) is 1.79. The van der Waals surface area contributed by atoms with E-state index in [0.717, 1.165) is 16.2 Å². The number of nitrogens with zero attached hydrogens (tertiary/aromatic N) is 2. The predicted molar refractivity (Wildman–Crippen MR) is 126 cm³/mol. The molecular weight excluding hydrogens is 469 g/mol. The largest absolute Gasteiger partial charge is 0.477 e. The maximum atomic E-state index is 14.0. The molecule has 3 heterocycles. The molecule has 0 unspecified atom stereocenters. The molecule has 0 amide bonds. The molecule has 3 aromatic heterocycles. The van der Waals surface area contributed by atoms with Crippen LogP contribution in [0, 0.1) is 12.7 Å². The number of carbonyl (C=O) groups is 1. The summed E-state index contributed by atoms with van der Waals surface area (Å²) in [5.74, 6) is -1.89. The van der Waals surface area contributed by atoms with Gasteiger partial charge in [0.05, 0.1) is 22.1 Å². The van der Waals surface area contributed by atoms with Gasteiger partial charge in [0.15, 0.2) is 5.69 Å². The Labute approximate surface area is 193 Å². The number of hydrogen-bond acceptors (Lipinski definition) is 4. The number of aromatic amines is 1. The molecule has 0 saturated heterocycles. The van der Waals surface area contributed by atoms with E-state index in [1.165, 1.54) is 28.0 Å². The maximum Gasteiger partial charge on any atom is 0.354 e. The van der Waals surface area contributed by atoms with E-state index in [9.17, 15) is 23.9 Å². The van der Waals surface area contributed by atoms with E-state index in [-0.39, 0.29) is 28.3 Å². The summed E-state index contributed by atoms with van der Waals surface area (Å²) in [4.78, 5) is 41.3. The van der Waals surface area contributed by atoms with E-state index in [0.29, 0.717) is 22.0 Å². The van der Waals surface area contributed by atoms with Gasteiger partial charge in [-0.2, -0.15) is 0 Å². The lowest BCUT2D eigenvalue weighted by atomic mass is 10.1. The third kappa shape index (κ3) is 3.46. The number of carboxylic acid groups (broad SMARTS) is 1. The van der Waals surface area contributed by atoms with E-state index in [1.54, 1.807) is 29.0 Å². The predicted octanol–water partition coefficient (Wildman–Crippen LogP) is 4.54. The van der Waals surface area contributed by atoms with Crippen molar-refractivity contribution in [3.8, 4) is 5.69 Å². The van der Waals surface area contributed by atoms with Crippen molar-refractivity contribution in [3.05, 3.63) is 95.7 Å². The molecule has 0 aliphatic carbocycles. The van der Waals surface area contributed by atoms with Crippen molar-refractivity contribution < 1.29 is 14.3 Å². The monoisotopic (exact) mass is 483 g/mol. The van der Waals surface area contributed by atoms with Crippen LogP contribution in [0.1, 0.15) is 21.6 Å². The summed E-state index contributed by atoms with van der Waals surface area (Å²) in [5, 5.41) is 14.3. The topological polar surface area (TPSA) is 97.1 Å². The summed E-state index contributed by atoms with van der Waals surface area (Å²) in [6, 6.07) is 9.17. The van der Waals surface area contributed by atoms with Crippen molar-refractivity contribution in [3.63, 3.8) is 0 Å². The van der Waals surface area contributed by atoms with Gasteiger partial charge in [-0.3, -0.25) is 4.79 Å². The van der Waals surface area contributed by atoms with Gasteiger partial charge in [0.1, 0.15) is 5.82 Å². The van der Waals surface area contributed by atoms with Crippen LogP contribution in [0.2, 0.25) is 5.02 Å². The fourth-order valence-electron chi connectivity index (χ4n) is 4.09. The Balaban J connectivity index is 1.90. The lowest BCUT2D eigenvalue weighted by molar-refractivity contribution is 0.0686. The lowest BCUT2D eigenvalue weighted by Crippen LogP contribution is -2.34. The highest BCUT2D eigenvalue weighted by atomic mass is 35.5. The number of fused-ring (bicyclic) bond motifs is 2. The van der Waals surface area contributed by atoms with Crippen molar-refractivity contribution in [2.45, 2.75) is 13.5 Å². The second-order valence-electron chi connectivity index (χ2n) is 7.66. The van der Waals surface area contributed by atoms with Crippen LogP contribution in [-0.2, 0) is 6.54 Å². The number of benzene rings is 2. The molecule has 0 bridgehead atoms. The smallest absolute Gasteiger partial charge is 0.354 e. The Bertz CT molecular complexity index is 1690. The second kappa shape index (κ2) is 7.72. The highest BCUT2D eigenvalue weighted by Gasteiger charge is 2.27. The van der Waals surface area contributed by atoms with Crippen LogP contribution in [0.4, 0.5) is 4.39 Å². The average Bonchev–Trinajstić information content (AvgIpc) is 3.30. The van der Waals surface area contributed by atoms with Crippen molar-refractivity contribution in [1.82, 2.24) is 14.1 Å². The number of hydrogen-bond donors (Lipinski definition) is 2. The fourth-order valence-corrected chi connectivity index (χ4v) is 5.09. The molecule has 0 spiro atoms. The number of carboxylic acids is 1. The molecule has 166 valence electrons. The zero-order valence-corrected chi connectivity index (χ0v) is 18.6. The van der Waals surface area contributed by atoms with Crippen molar-refractivity contribution in [1.29, 1.82) is 0 Å². The zero-order valence-electron chi connectivity index (χ0n) is 17.1. The molecule has 0 fully saturated rings. The number of aromatic nitrogens is 3. The number of rotatable bonds is 4. The van der Waals surface area contributed by atoms with Crippen LogP contribution in [0.3, 0.4) is 0 Å². The number of aryl methyl sites for hydroxylation is 1. The Hall–Kier alpha value is -3.69. The van der Waals surface area contributed by atoms with Crippen LogP contribution in [-0.4, -0.2) is 25.2 Å². The summed E-state index contributed by atoms with van der Waals surface area (Å²) in [7, 11) is 0. The standard InChI is InChI=1S/C23H15ClFN3O4S/c1-11-2-3-18-15(4-11)19(28-21(29)16-9-33-10-17(16)26-23(28)32)20(22(30)31)27(18)8-12-5-13(24)7-14(25)6-12/h2-7,9-10H,8H2,1H3,(H,26,32)(H,30,31). The number of H-pyrrole nitrogens is 1. The first-order chi connectivity index (χ1) is 15.7. The summed E-state index contributed by atoms with van der Waals surface area (Å²) in [5.41, 5.74) is 0.437. The van der Waals surface area contributed by atoms with E-state index in [2.05, 4.69) is 4.98 Å². The molecule has 7 nitrogen and oxygen atoms in total. The van der Waals surface area contributed by atoms with Gasteiger partial charge in [0.2, 0.25) is 0 Å². The average molecular weight is 484 g/mol. The minimum absolute atomic E-state index is 0.0357. The molecule has 0 saturated carbocycles. The van der Waals surface area contributed by atoms with Gasteiger partial charge in [-0.15, -0.1) is 11.3 Å². The van der Waals surface area contributed by atoms with Gasteiger partial charge in [-0.25, -0.2) is 18.5 Å². The van der Waals surface area contributed by atoms with Gasteiger partial charge >= 0.3 is 11.7 Å². The van der Waals surface area contributed by atoms with E-state index in [1.807, 2.05) is 6.92 Å². The Kier molecular flexibility index (Phi) is 4.95. The lowest BCUT2D eigenvalue weighted by Gasteiger charge is -2.10. The minimum Gasteiger partial charge on any atom is -0.477 e. The molecule has 0 aliphatic heterocycles. The van der Waals surface area contributed by atoms with Gasteiger partial charge in [0, 0.05) is 27.7 Å². The van der Waals surface area contributed by atoms with Crippen LogP contribution in [0.15, 0.2) is 56.7 Å². The first kappa shape index (κ1) is 21.2. The van der Waals surface area contributed by atoms with Crippen molar-refractivity contribution in [2.75, 3.05) is 0 Å². The third-order valence-corrected chi connectivity index (χ3v) is 6.38. The fraction of sp³-hybridized carbons (Fsp3) is 0.0870. The van der Waals surface area contributed by atoms with Crippen LogP contribution in [0.25, 0.3) is 27.5 Å². The zero-order chi connectivity index (χ0) is 23.4. The van der Waals surface area contributed by atoms with Crippen LogP contribution < -0.4 is 11.2 Å². The number of aromatic carboxylic acids is 1. The molecule has 0 atom stereocenters. The van der Waals surface area contributed by atoms with Crippen LogP contribution >= 0.6 is 22.9 Å².